The first-order valence-electron chi connectivity index (χ1n) is 6.89. The maximum atomic E-state index is 5.55. The maximum absolute atomic E-state index is 5.55. The van der Waals surface area contributed by atoms with Gasteiger partial charge < -0.3 is 15.1 Å². The van der Waals surface area contributed by atoms with Gasteiger partial charge in [0.15, 0.2) is 5.11 Å². The zero-order valence-corrected chi connectivity index (χ0v) is 12.8. The molecule has 104 valence electrons. The van der Waals surface area contributed by atoms with Crippen molar-refractivity contribution < 1.29 is 0 Å². The van der Waals surface area contributed by atoms with Crippen molar-refractivity contribution in [2.75, 3.05) is 32.1 Å². The first-order valence-corrected chi connectivity index (χ1v) is 7.30. The number of thiocarbonyl (C=S) groups is 1. The Bertz CT molecular complexity index is 445. The number of anilines is 1. The highest BCUT2D eigenvalue weighted by molar-refractivity contribution is 7.80. The molecule has 1 N–H and O–H groups in total. The van der Waals surface area contributed by atoms with Gasteiger partial charge in [-0.15, -0.1) is 0 Å². The van der Waals surface area contributed by atoms with E-state index >= 15 is 0 Å². The van der Waals surface area contributed by atoms with E-state index in [0.29, 0.717) is 6.04 Å². The second-order valence-electron chi connectivity index (χ2n) is 5.44. The number of benzene rings is 1. The molecule has 0 aromatic heterocycles. The molecule has 0 spiro atoms. The van der Waals surface area contributed by atoms with Gasteiger partial charge in [0.2, 0.25) is 0 Å². The van der Waals surface area contributed by atoms with Crippen molar-refractivity contribution >= 4 is 23.0 Å². The summed E-state index contributed by atoms with van der Waals surface area (Å²) in [5, 5.41) is 4.24. The largest absolute Gasteiger partial charge is 0.362 e. The zero-order valence-electron chi connectivity index (χ0n) is 12.0. The smallest absolute Gasteiger partial charge is 0.173 e. The van der Waals surface area contributed by atoms with Gasteiger partial charge in [-0.05, 0) is 64.3 Å². The zero-order chi connectivity index (χ0) is 13.8. The third kappa shape index (κ3) is 3.45. The average Bonchev–Trinajstić information content (AvgIpc) is 2.70. The first-order chi connectivity index (χ1) is 9.09. The first kappa shape index (κ1) is 14.3. The van der Waals surface area contributed by atoms with Crippen LogP contribution in [0.15, 0.2) is 24.3 Å². The van der Waals surface area contributed by atoms with Crippen LogP contribution < -0.4 is 10.2 Å². The van der Waals surface area contributed by atoms with Crippen molar-refractivity contribution in [1.82, 2.24) is 10.2 Å². The second kappa shape index (κ2) is 6.35. The lowest BCUT2D eigenvalue weighted by atomic mass is 10.1. The molecule has 1 aliphatic heterocycles. The molecule has 19 heavy (non-hydrogen) atoms. The van der Waals surface area contributed by atoms with Crippen molar-refractivity contribution in [3.8, 4) is 0 Å². The minimum absolute atomic E-state index is 0.450. The summed E-state index contributed by atoms with van der Waals surface area (Å²) in [5.74, 6) is 0. The van der Waals surface area contributed by atoms with Gasteiger partial charge >= 0.3 is 0 Å². The number of fused-ring (bicyclic) bond motifs is 1. The Hall–Kier alpha value is -1.13. The van der Waals surface area contributed by atoms with Gasteiger partial charge in [0.05, 0.1) is 0 Å². The third-order valence-electron chi connectivity index (χ3n) is 3.48. The van der Waals surface area contributed by atoms with Crippen LogP contribution in [0.25, 0.3) is 0 Å². The summed E-state index contributed by atoms with van der Waals surface area (Å²) in [5.41, 5.74) is 2.66. The molecule has 0 radical (unpaired) electrons. The fraction of sp³-hybridized carbons (Fsp3) is 0.533. The van der Waals surface area contributed by atoms with E-state index in [2.05, 4.69) is 60.4 Å². The summed E-state index contributed by atoms with van der Waals surface area (Å²) in [6.07, 6.45) is 2.19. The van der Waals surface area contributed by atoms with Crippen LogP contribution in [0.5, 0.6) is 0 Å². The van der Waals surface area contributed by atoms with E-state index in [9.17, 15) is 0 Å². The fourth-order valence-electron chi connectivity index (χ4n) is 2.55. The monoisotopic (exact) mass is 277 g/mol. The van der Waals surface area contributed by atoms with Crippen molar-refractivity contribution in [2.24, 2.45) is 0 Å². The van der Waals surface area contributed by atoms with Crippen LogP contribution in [-0.2, 0) is 6.42 Å². The molecular weight excluding hydrogens is 254 g/mol. The predicted molar refractivity (Wildman–Crippen MR) is 85.9 cm³/mol. The quantitative estimate of drug-likeness (QED) is 0.672. The molecule has 0 saturated carbocycles. The summed E-state index contributed by atoms with van der Waals surface area (Å²) in [6.45, 7) is 4.25. The van der Waals surface area contributed by atoms with Crippen LogP contribution in [0.4, 0.5) is 5.69 Å². The average molecular weight is 277 g/mol. The van der Waals surface area contributed by atoms with E-state index in [1.54, 1.807) is 0 Å². The summed E-state index contributed by atoms with van der Waals surface area (Å²) >= 11 is 5.55. The molecule has 1 atom stereocenters. The summed E-state index contributed by atoms with van der Waals surface area (Å²) in [6, 6.07) is 8.99. The summed E-state index contributed by atoms with van der Waals surface area (Å²) < 4.78 is 0. The fourth-order valence-corrected chi connectivity index (χ4v) is 2.93. The molecule has 1 aliphatic rings. The van der Waals surface area contributed by atoms with E-state index in [1.165, 1.54) is 11.3 Å². The van der Waals surface area contributed by atoms with E-state index in [-0.39, 0.29) is 0 Å². The highest BCUT2D eigenvalue weighted by Crippen LogP contribution is 2.31. The third-order valence-corrected chi connectivity index (χ3v) is 3.83. The molecule has 1 aromatic carbocycles. The van der Waals surface area contributed by atoms with Crippen molar-refractivity contribution in [2.45, 2.75) is 25.8 Å². The van der Waals surface area contributed by atoms with E-state index in [4.69, 9.17) is 12.2 Å². The Labute approximate surface area is 121 Å². The lowest BCUT2D eigenvalue weighted by Crippen LogP contribution is -2.43. The Kier molecular flexibility index (Phi) is 4.77. The molecule has 1 heterocycles. The minimum Gasteiger partial charge on any atom is -0.362 e. The highest BCUT2D eigenvalue weighted by Gasteiger charge is 2.28. The summed E-state index contributed by atoms with van der Waals surface area (Å²) in [4.78, 5) is 4.44. The van der Waals surface area contributed by atoms with Crippen LogP contribution >= 0.6 is 12.2 Å². The number of rotatable bonds is 4. The van der Waals surface area contributed by atoms with Crippen LogP contribution in [0.3, 0.4) is 0 Å². The Morgan fingerprint density at radius 2 is 2.16 bits per heavy atom. The number of nitrogens with zero attached hydrogens (tertiary/aromatic N) is 2. The number of nitrogens with one attached hydrogen (secondary N) is 1. The number of para-hydroxylation sites is 1. The molecule has 0 unspecified atom stereocenters. The molecule has 0 fully saturated rings. The highest BCUT2D eigenvalue weighted by atomic mass is 32.1. The minimum atomic E-state index is 0.450. The maximum Gasteiger partial charge on any atom is 0.173 e. The molecule has 0 aliphatic carbocycles. The van der Waals surface area contributed by atoms with E-state index < -0.39 is 0 Å². The topological polar surface area (TPSA) is 18.5 Å². The van der Waals surface area contributed by atoms with Gasteiger partial charge in [-0.1, -0.05) is 18.2 Å². The van der Waals surface area contributed by atoms with Crippen LogP contribution in [-0.4, -0.2) is 43.2 Å². The van der Waals surface area contributed by atoms with Gasteiger partial charge in [-0.25, -0.2) is 0 Å². The normalized spacial score (nSPS) is 17.7. The van der Waals surface area contributed by atoms with E-state index in [0.717, 1.165) is 31.0 Å². The van der Waals surface area contributed by atoms with Gasteiger partial charge in [0, 0.05) is 18.3 Å². The standard InChI is InChI=1S/C15H23N3S/c1-12-11-13-7-4-5-8-14(13)18(12)15(19)16-9-6-10-17(2)3/h4-5,7-8,12H,6,9-11H2,1-3H3,(H,16,19)/t12-/m1/s1. The molecule has 4 heteroatoms. The van der Waals surface area contributed by atoms with Gasteiger partial charge in [0.1, 0.15) is 0 Å². The molecule has 3 nitrogen and oxygen atoms in total. The van der Waals surface area contributed by atoms with Crippen molar-refractivity contribution in [3.05, 3.63) is 29.8 Å². The number of hydrogen-bond donors (Lipinski definition) is 1. The lowest BCUT2D eigenvalue weighted by molar-refractivity contribution is 0.400. The molecule has 2 rings (SSSR count). The Balaban J connectivity index is 1.92. The van der Waals surface area contributed by atoms with Crippen molar-refractivity contribution in [3.63, 3.8) is 0 Å². The van der Waals surface area contributed by atoms with Crippen LogP contribution in [0.1, 0.15) is 18.9 Å². The van der Waals surface area contributed by atoms with Gasteiger partial charge in [-0.2, -0.15) is 0 Å². The molecule has 0 bridgehead atoms. The van der Waals surface area contributed by atoms with Gasteiger partial charge in [0.25, 0.3) is 0 Å². The predicted octanol–water partition coefficient (Wildman–Crippen LogP) is 2.26. The van der Waals surface area contributed by atoms with Crippen LogP contribution in [0, 0.1) is 0 Å². The van der Waals surface area contributed by atoms with Gasteiger partial charge in [-0.3, -0.25) is 0 Å². The molecule has 1 aromatic rings. The molecular formula is C15H23N3S. The van der Waals surface area contributed by atoms with E-state index in [1.807, 2.05) is 0 Å². The van der Waals surface area contributed by atoms with Crippen molar-refractivity contribution in [1.29, 1.82) is 0 Å². The Morgan fingerprint density at radius 3 is 2.89 bits per heavy atom. The molecule has 0 saturated heterocycles. The summed E-state index contributed by atoms with van der Waals surface area (Å²) in [7, 11) is 4.19. The van der Waals surface area contributed by atoms with Crippen LogP contribution in [0.2, 0.25) is 0 Å². The Morgan fingerprint density at radius 1 is 1.42 bits per heavy atom. The lowest BCUT2D eigenvalue weighted by Gasteiger charge is -2.26. The SMILES string of the molecule is C[C@@H]1Cc2ccccc2N1C(=S)NCCCN(C)C. The molecule has 0 amide bonds. The second-order valence-corrected chi connectivity index (χ2v) is 5.83. The number of hydrogen-bond acceptors (Lipinski definition) is 2.